The van der Waals surface area contributed by atoms with Crippen molar-refractivity contribution in [3.05, 3.63) is 63.9 Å². The van der Waals surface area contributed by atoms with Crippen molar-refractivity contribution >= 4 is 11.3 Å². The molecule has 140 valence electrons. The SMILES string of the molecule is C=CCOc1ccc(Cc2cc(C3CC(O)CC(CO)O3)sc2C)cc1. The standard InChI is InChI=1S/C21H26O4S/c1-3-8-24-18-6-4-15(5-7-18)9-16-10-21(26-14(16)2)20-12-17(23)11-19(13-22)25-20/h3-7,10,17,19-20,22-23H,1,8-9,11-13H2,2H3. The Kier molecular flexibility index (Phi) is 6.48. The fourth-order valence-electron chi connectivity index (χ4n) is 3.25. The van der Waals surface area contributed by atoms with Gasteiger partial charge in [-0.25, -0.2) is 0 Å². The molecule has 0 aliphatic carbocycles. The average molecular weight is 375 g/mol. The number of benzene rings is 1. The summed E-state index contributed by atoms with van der Waals surface area (Å²) in [7, 11) is 0. The van der Waals surface area contributed by atoms with Gasteiger partial charge < -0.3 is 19.7 Å². The van der Waals surface area contributed by atoms with Crippen LogP contribution >= 0.6 is 11.3 Å². The summed E-state index contributed by atoms with van der Waals surface area (Å²) in [6, 6.07) is 10.3. The van der Waals surface area contributed by atoms with Crippen molar-refractivity contribution in [1.82, 2.24) is 0 Å². The Labute approximate surface area is 158 Å². The molecule has 0 spiro atoms. The zero-order valence-corrected chi connectivity index (χ0v) is 15.9. The van der Waals surface area contributed by atoms with Gasteiger partial charge in [0.2, 0.25) is 0 Å². The number of ether oxygens (including phenoxy) is 2. The van der Waals surface area contributed by atoms with Crippen molar-refractivity contribution in [2.45, 2.75) is 44.5 Å². The Balaban J connectivity index is 1.69. The van der Waals surface area contributed by atoms with Gasteiger partial charge in [0.15, 0.2) is 0 Å². The molecule has 26 heavy (non-hydrogen) atoms. The van der Waals surface area contributed by atoms with Crippen LogP contribution in [0.5, 0.6) is 5.75 Å². The molecule has 1 aromatic heterocycles. The van der Waals surface area contributed by atoms with Crippen molar-refractivity contribution in [1.29, 1.82) is 0 Å². The first-order chi connectivity index (χ1) is 12.6. The van der Waals surface area contributed by atoms with E-state index in [1.165, 1.54) is 16.0 Å². The largest absolute Gasteiger partial charge is 0.490 e. The summed E-state index contributed by atoms with van der Waals surface area (Å²) >= 11 is 1.72. The predicted molar refractivity (Wildman–Crippen MR) is 104 cm³/mol. The van der Waals surface area contributed by atoms with Crippen LogP contribution in [0.25, 0.3) is 0 Å². The van der Waals surface area contributed by atoms with Gasteiger partial charge in [0.25, 0.3) is 0 Å². The van der Waals surface area contributed by atoms with Crippen LogP contribution in [0, 0.1) is 6.92 Å². The molecule has 1 aliphatic rings. The number of aliphatic hydroxyl groups excluding tert-OH is 2. The van der Waals surface area contributed by atoms with Crippen molar-refractivity contribution in [3.63, 3.8) is 0 Å². The summed E-state index contributed by atoms with van der Waals surface area (Å²) in [5.41, 5.74) is 2.50. The average Bonchev–Trinajstić information content (AvgIpc) is 3.01. The van der Waals surface area contributed by atoms with E-state index in [0.29, 0.717) is 19.4 Å². The summed E-state index contributed by atoms with van der Waals surface area (Å²) in [5.74, 6) is 0.844. The van der Waals surface area contributed by atoms with Gasteiger partial charge in [-0.3, -0.25) is 0 Å². The Morgan fingerprint density at radius 3 is 2.77 bits per heavy atom. The lowest BCUT2D eigenvalue weighted by molar-refractivity contribution is -0.112. The maximum atomic E-state index is 10.0. The van der Waals surface area contributed by atoms with Gasteiger partial charge in [-0.2, -0.15) is 0 Å². The van der Waals surface area contributed by atoms with Crippen molar-refractivity contribution in [2.24, 2.45) is 0 Å². The third-order valence-corrected chi connectivity index (χ3v) is 5.81. The number of hydrogen-bond acceptors (Lipinski definition) is 5. The second kappa shape index (κ2) is 8.82. The first-order valence-electron chi connectivity index (χ1n) is 8.95. The predicted octanol–water partition coefficient (Wildman–Crippen LogP) is 3.79. The molecule has 5 heteroatoms. The fourth-order valence-corrected chi connectivity index (χ4v) is 4.35. The number of rotatable bonds is 7. The van der Waals surface area contributed by atoms with Gasteiger partial charge in [0.1, 0.15) is 12.4 Å². The maximum Gasteiger partial charge on any atom is 0.119 e. The molecule has 2 N–H and O–H groups in total. The first-order valence-corrected chi connectivity index (χ1v) is 9.77. The van der Waals surface area contributed by atoms with E-state index in [0.717, 1.165) is 17.0 Å². The molecule has 0 radical (unpaired) electrons. The lowest BCUT2D eigenvalue weighted by Crippen LogP contribution is -2.33. The van der Waals surface area contributed by atoms with E-state index < -0.39 is 6.10 Å². The summed E-state index contributed by atoms with van der Waals surface area (Å²) < 4.78 is 11.5. The molecule has 1 aromatic carbocycles. The molecule has 1 aliphatic heterocycles. The number of aryl methyl sites for hydroxylation is 1. The second-order valence-electron chi connectivity index (χ2n) is 6.71. The Bertz CT molecular complexity index is 722. The van der Waals surface area contributed by atoms with Crippen LogP contribution in [0.1, 0.15) is 39.8 Å². The fraction of sp³-hybridized carbons (Fsp3) is 0.429. The van der Waals surface area contributed by atoms with E-state index in [1.54, 1.807) is 17.4 Å². The van der Waals surface area contributed by atoms with Crippen LogP contribution in [0.4, 0.5) is 0 Å². The molecule has 3 atom stereocenters. The number of thiophene rings is 1. The van der Waals surface area contributed by atoms with Gasteiger partial charge in [0.05, 0.1) is 24.9 Å². The number of aliphatic hydroxyl groups is 2. The third kappa shape index (κ3) is 4.74. The van der Waals surface area contributed by atoms with E-state index in [1.807, 2.05) is 12.1 Å². The molecule has 1 fully saturated rings. The molecule has 3 rings (SSSR count). The Morgan fingerprint density at radius 1 is 1.31 bits per heavy atom. The van der Waals surface area contributed by atoms with E-state index >= 15 is 0 Å². The number of hydrogen-bond donors (Lipinski definition) is 2. The molecule has 2 aromatic rings. The summed E-state index contributed by atoms with van der Waals surface area (Å²) in [5, 5.41) is 19.4. The second-order valence-corrected chi connectivity index (χ2v) is 7.99. The van der Waals surface area contributed by atoms with Crippen LogP contribution < -0.4 is 4.74 Å². The van der Waals surface area contributed by atoms with Crippen molar-refractivity contribution < 1.29 is 19.7 Å². The molecule has 0 saturated carbocycles. The first kappa shape index (κ1) is 19.1. The minimum absolute atomic E-state index is 0.0505. The molecule has 1 saturated heterocycles. The monoisotopic (exact) mass is 374 g/mol. The zero-order valence-electron chi connectivity index (χ0n) is 15.1. The summed E-state index contributed by atoms with van der Waals surface area (Å²) in [6.45, 7) is 6.23. The lowest BCUT2D eigenvalue weighted by Gasteiger charge is -2.31. The lowest BCUT2D eigenvalue weighted by atomic mass is 9.99. The van der Waals surface area contributed by atoms with Crippen LogP contribution in [-0.4, -0.2) is 35.6 Å². The van der Waals surface area contributed by atoms with Gasteiger partial charge in [0, 0.05) is 22.6 Å². The van der Waals surface area contributed by atoms with Gasteiger partial charge >= 0.3 is 0 Å². The molecule has 0 bridgehead atoms. The van der Waals surface area contributed by atoms with Gasteiger partial charge in [-0.15, -0.1) is 11.3 Å². The third-order valence-electron chi connectivity index (χ3n) is 4.62. The molecule has 3 unspecified atom stereocenters. The summed E-state index contributed by atoms with van der Waals surface area (Å²) in [6.07, 6.45) is 2.84. The van der Waals surface area contributed by atoms with E-state index in [-0.39, 0.29) is 18.8 Å². The molecular formula is C21H26O4S. The van der Waals surface area contributed by atoms with E-state index in [2.05, 4.69) is 31.7 Å². The quantitative estimate of drug-likeness (QED) is 0.724. The Morgan fingerprint density at radius 2 is 2.08 bits per heavy atom. The highest BCUT2D eigenvalue weighted by Gasteiger charge is 2.30. The maximum absolute atomic E-state index is 10.0. The highest BCUT2D eigenvalue weighted by Crippen LogP contribution is 2.37. The minimum atomic E-state index is -0.417. The molecular weight excluding hydrogens is 348 g/mol. The van der Waals surface area contributed by atoms with Crippen molar-refractivity contribution in [2.75, 3.05) is 13.2 Å². The van der Waals surface area contributed by atoms with Crippen LogP contribution in [0.15, 0.2) is 43.0 Å². The Hall–Kier alpha value is -1.66. The zero-order chi connectivity index (χ0) is 18.5. The highest BCUT2D eigenvalue weighted by molar-refractivity contribution is 7.12. The highest BCUT2D eigenvalue weighted by atomic mass is 32.1. The smallest absolute Gasteiger partial charge is 0.119 e. The van der Waals surface area contributed by atoms with Crippen molar-refractivity contribution in [3.8, 4) is 5.75 Å². The summed E-state index contributed by atoms with van der Waals surface area (Å²) in [4.78, 5) is 2.39. The van der Waals surface area contributed by atoms with Crippen LogP contribution in [0.3, 0.4) is 0 Å². The van der Waals surface area contributed by atoms with Crippen LogP contribution in [0.2, 0.25) is 0 Å². The molecule has 2 heterocycles. The van der Waals surface area contributed by atoms with E-state index in [4.69, 9.17) is 9.47 Å². The normalized spacial score (nSPS) is 23.0. The van der Waals surface area contributed by atoms with Gasteiger partial charge in [-0.1, -0.05) is 24.8 Å². The molecule has 4 nitrogen and oxygen atoms in total. The van der Waals surface area contributed by atoms with Gasteiger partial charge in [-0.05, 0) is 42.7 Å². The van der Waals surface area contributed by atoms with Crippen LogP contribution in [-0.2, 0) is 11.2 Å². The minimum Gasteiger partial charge on any atom is -0.490 e. The topological polar surface area (TPSA) is 58.9 Å². The van der Waals surface area contributed by atoms with E-state index in [9.17, 15) is 10.2 Å². The molecule has 0 amide bonds.